The molecule has 0 amide bonds. The Labute approximate surface area is 82.6 Å². The minimum atomic E-state index is -1.87. The molecule has 0 unspecified atom stereocenters. The summed E-state index contributed by atoms with van der Waals surface area (Å²) >= 11 is 0.646. The Bertz CT molecular complexity index is 483. The van der Waals surface area contributed by atoms with Gasteiger partial charge in [0.1, 0.15) is 5.82 Å². The summed E-state index contributed by atoms with van der Waals surface area (Å²) in [5.41, 5.74) is -0.237. The molecule has 0 saturated carbocycles. The summed E-state index contributed by atoms with van der Waals surface area (Å²) in [6.07, 6.45) is 0. The maximum Gasteiger partial charge on any atom is 0.491 e. The molecule has 0 fully saturated rings. The van der Waals surface area contributed by atoms with Crippen molar-refractivity contribution in [2.24, 2.45) is 0 Å². The lowest BCUT2D eigenvalue weighted by Gasteiger charge is -2.01. The Hall–Kier alpha value is -0.975. The van der Waals surface area contributed by atoms with Crippen LogP contribution in [0.1, 0.15) is 0 Å². The SMILES string of the molecule is OB(O)c1ccc2cc(F)sc2c1F. The predicted molar refractivity (Wildman–Crippen MR) is 51.6 cm³/mol. The Balaban J connectivity index is 2.74. The van der Waals surface area contributed by atoms with Crippen molar-refractivity contribution in [3.05, 3.63) is 29.1 Å². The molecular weight excluding hydrogens is 209 g/mol. The van der Waals surface area contributed by atoms with Crippen LogP contribution in [0.2, 0.25) is 0 Å². The number of benzene rings is 1. The zero-order valence-corrected chi connectivity index (χ0v) is 7.68. The van der Waals surface area contributed by atoms with E-state index in [1.165, 1.54) is 18.2 Å². The summed E-state index contributed by atoms with van der Waals surface area (Å²) in [7, 11) is -1.87. The normalized spacial score (nSPS) is 10.9. The van der Waals surface area contributed by atoms with Crippen molar-refractivity contribution in [2.75, 3.05) is 0 Å². The predicted octanol–water partition coefficient (Wildman–Crippen LogP) is 0.859. The van der Waals surface area contributed by atoms with E-state index in [4.69, 9.17) is 10.0 Å². The van der Waals surface area contributed by atoms with E-state index in [0.717, 1.165) is 0 Å². The highest BCUT2D eigenvalue weighted by atomic mass is 32.1. The van der Waals surface area contributed by atoms with Crippen LogP contribution in [0.5, 0.6) is 0 Å². The molecule has 2 rings (SSSR count). The van der Waals surface area contributed by atoms with Crippen molar-refractivity contribution in [1.82, 2.24) is 0 Å². The van der Waals surface area contributed by atoms with Crippen molar-refractivity contribution < 1.29 is 18.8 Å². The van der Waals surface area contributed by atoms with E-state index in [0.29, 0.717) is 16.7 Å². The van der Waals surface area contributed by atoms with Crippen LogP contribution in [0.4, 0.5) is 8.78 Å². The first-order chi connectivity index (χ1) is 6.59. The minimum Gasteiger partial charge on any atom is -0.423 e. The molecular formula is C8H5BF2O2S. The van der Waals surface area contributed by atoms with Crippen molar-refractivity contribution in [1.29, 1.82) is 0 Å². The first kappa shape index (κ1) is 9.58. The van der Waals surface area contributed by atoms with Crippen molar-refractivity contribution in [3.8, 4) is 0 Å². The molecule has 1 aromatic heterocycles. The highest BCUT2D eigenvalue weighted by Crippen LogP contribution is 2.25. The standard InChI is InChI=1S/C8H5BF2O2S/c10-6-3-4-1-2-5(9(12)13)7(11)8(4)14-6/h1-3,12-13H. The lowest BCUT2D eigenvalue weighted by atomic mass is 9.80. The molecule has 0 aliphatic heterocycles. The zero-order valence-electron chi connectivity index (χ0n) is 6.87. The Morgan fingerprint density at radius 3 is 2.57 bits per heavy atom. The molecule has 0 atom stereocenters. The second-order valence-electron chi connectivity index (χ2n) is 2.81. The average molecular weight is 214 g/mol. The number of hydrogen-bond acceptors (Lipinski definition) is 3. The van der Waals surface area contributed by atoms with Crippen LogP contribution < -0.4 is 5.46 Å². The Morgan fingerprint density at radius 2 is 1.93 bits per heavy atom. The fraction of sp³-hybridized carbons (Fsp3) is 0. The second-order valence-corrected chi connectivity index (χ2v) is 3.81. The van der Waals surface area contributed by atoms with Gasteiger partial charge in [-0.05, 0) is 11.5 Å². The van der Waals surface area contributed by atoms with Crippen molar-refractivity contribution in [2.45, 2.75) is 0 Å². The summed E-state index contributed by atoms with van der Waals surface area (Å²) in [5, 5.41) is 17.5. The van der Waals surface area contributed by atoms with Gasteiger partial charge in [-0.1, -0.05) is 12.1 Å². The van der Waals surface area contributed by atoms with Crippen molar-refractivity contribution >= 4 is 34.0 Å². The molecule has 14 heavy (non-hydrogen) atoms. The topological polar surface area (TPSA) is 40.5 Å². The van der Waals surface area contributed by atoms with E-state index in [2.05, 4.69) is 0 Å². The summed E-state index contributed by atoms with van der Waals surface area (Å²) < 4.78 is 26.3. The lowest BCUT2D eigenvalue weighted by molar-refractivity contribution is 0.423. The number of halogens is 2. The average Bonchev–Trinajstić information content (AvgIpc) is 2.46. The van der Waals surface area contributed by atoms with E-state index in [1.54, 1.807) is 0 Å². The van der Waals surface area contributed by atoms with Crippen LogP contribution in [-0.4, -0.2) is 17.2 Å². The summed E-state index contributed by atoms with van der Waals surface area (Å²) in [6, 6.07) is 3.89. The molecule has 1 heterocycles. The molecule has 2 N–H and O–H groups in total. The van der Waals surface area contributed by atoms with Gasteiger partial charge in [-0.15, -0.1) is 11.3 Å². The molecule has 1 aromatic carbocycles. The molecule has 0 bridgehead atoms. The van der Waals surface area contributed by atoms with Gasteiger partial charge in [-0.3, -0.25) is 0 Å². The van der Waals surface area contributed by atoms with E-state index in [-0.39, 0.29) is 10.2 Å². The van der Waals surface area contributed by atoms with Gasteiger partial charge in [0.15, 0.2) is 5.13 Å². The van der Waals surface area contributed by atoms with Gasteiger partial charge < -0.3 is 10.0 Å². The van der Waals surface area contributed by atoms with Gasteiger partial charge in [0.25, 0.3) is 0 Å². The Morgan fingerprint density at radius 1 is 1.21 bits per heavy atom. The number of thiophene rings is 1. The summed E-state index contributed by atoms with van der Waals surface area (Å²) in [4.78, 5) is 0. The molecule has 0 radical (unpaired) electrons. The fourth-order valence-electron chi connectivity index (χ4n) is 1.25. The third-order valence-corrected chi connectivity index (χ3v) is 2.84. The van der Waals surface area contributed by atoms with Gasteiger partial charge in [-0.2, -0.15) is 4.39 Å². The first-order valence-corrected chi connectivity index (χ1v) is 4.65. The molecule has 72 valence electrons. The fourth-order valence-corrected chi connectivity index (χ4v) is 2.09. The number of fused-ring (bicyclic) bond motifs is 1. The highest BCUT2D eigenvalue weighted by Gasteiger charge is 2.19. The minimum absolute atomic E-state index is 0.105. The van der Waals surface area contributed by atoms with E-state index in [9.17, 15) is 8.78 Å². The second kappa shape index (κ2) is 3.31. The molecule has 0 aliphatic carbocycles. The van der Waals surface area contributed by atoms with Gasteiger partial charge in [0.05, 0.1) is 4.70 Å². The molecule has 0 saturated heterocycles. The van der Waals surface area contributed by atoms with E-state index in [1.807, 2.05) is 0 Å². The highest BCUT2D eigenvalue weighted by molar-refractivity contribution is 7.17. The molecule has 2 nitrogen and oxygen atoms in total. The smallest absolute Gasteiger partial charge is 0.423 e. The molecule has 2 aromatic rings. The third-order valence-electron chi connectivity index (χ3n) is 1.90. The lowest BCUT2D eigenvalue weighted by Crippen LogP contribution is -2.32. The maximum atomic E-state index is 13.5. The van der Waals surface area contributed by atoms with Gasteiger partial charge in [-0.25, -0.2) is 4.39 Å². The van der Waals surface area contributed by atoms with Crippen LogP contribution in [0, 0.1) is 10.9 Å². The van der Waals surface area contributed by atoms with E-state index < -0.39 is 18.1 Å². The van der Waals surface area contributed by atoms with Crippen LogP contribution in [0.15, 0.2) is 18.2 Å². The number of hydrogen-bond donors (Lipinski definition) is 2. The van der Waals surface area contributed by atoms with Gasteiger partial charge >= 0.3 is 7.12 Å². The van der Waals surface area contributed by atoms with E-state index >= 15 is 0 Å². The summed E-state index contributed by atoms with van der Waals surface area (Å²) in [5.74, 6) is -0.772. The maximum absolute atomic E-state index is 13.5. The van der Waals surface area contributed by atoms with Crippen LogP contribution in [0.3, 0.4) is 0 Å². The monoisotopic (exact) mass is 214 g/mol. The zero-order chi connectivity index (χ0) is 10.3. The van der Waals surface area contributed by atoms with Crippen LogP contribution in [0.25, 0.3) is 10.1 Å². The quantitative estimate of drug-likeness (QED) is 0.691. The third kappa shape index (κ3) is 1.41. The largest absolute Gasteiger partial charge is 0.491 e. The molecule has 6 heteroatoms. The van der Waals surface area contributed by atoms with Crippen molar-refractivity contribution in [3.63, 3.8) is 0 Å². The Kier molecular flexibility index (Phi) is 2.26. The molecule has 0 spiro atoms. The number of rotatable bonds is 1. The summed E-state index contributed by atoms with van der Waals surface area (Å²) in [6.45, 7) is 0. The first-order valence-electron chi connectivity index (χ1n) is 3.83. The van der Waals surface area contributed by atoms with Crippen LogP contribution in [-0.2, 0) is 0 Å². The molecule has 0 aliphatic rings. The van der Waals surface area contributed by atoms with Crippen LogP contribution >= 0.6 is 11.3 Å². The van der Waals surface area contributed by atoms with Gasteiger partial charge in [0.2, 0.25) is 0 Å². The van der Waals surface area contributed by atoms with Gasteiger partial charge in [0, 0.05) is 5.46 Å².